The molecule has 0 aromatic heterocycles. The minimum Gasteiger partial charge on any atom is -0.497 e. The maximum Gasteiger partial charge on any atom is 0.118 e. The van der Waals surface area contributed by atoms with E-state index in [2.05, 4.69) is 5.43 Å². The van der Waals surface area contributed by atoms with E-state index in [9.17, 15) is 5.11 Å². The van der Waals surface area contributed by atoms with E-state index in [-0.39, 0.29) is 0 Å². The Morgan fingerprint density at radius 3 is 2.38 bits per heavy atom. The summed E-state index contributed by atoms with van der Waals surface area (Å²) in [6.07, 6.45) is -0.532. The number of rotatable bonds is 7. The molecule has 0 fully saturated rings. The van der Waals surface area contributed by atoms with Gasteiger partial charge in [-0.1, -0.05) is 42.5 Å². The van der Waals surface area contributed by atoms with Crippen molar-refractivity contribution in [3.8, 4) is 5.75 Å². The highest BCUT2D eigenvalue weighted by Gasteiger charge is 2.10. The quantitative estimate of drug-likeness (QED) is 0.795. The first-order chi connectivity index (χ1) is 10.2. The molecule has 21 heavy (non-hydrogen) atoms. The summed E-state index contributed by atoms with van der Waals surface area (Å²) in [6, 6.07) is 17.4. The summed E-state index contributed by atoms with van der Waals surface area (Å²) >= 11 is 0. The highest BCUT2D eigenvalue weighted by atomic mass is 16.5. The molecule has 0 spiro atoms. The number of hydrogen-bond donors (Lipinski definition) is 1. The van der Waals surface area contributed by atoms with Crippen LogP contribution in [-0.4, -0.2) is 30.8 Å². The molecule has 0 saturated carbocycles. The van der Waals surface area contributed by atoms with Crippen LogP contribution in [-0.2, 0) is 6.54 Å². The fourth-order valence-corrected chi connectivity index (χ4v) is 2.02. The number of methoxy groups -OCH3 is 1. The first-order valence-electron chi connectivity index (χ1n) is 6.93. The molecule has 1 unspecified atom stereocenters. The van der Waals surface area contributed by atoms with Crippen LogP contribution in [0.4, 0.5) is 0 Å². The van der Waals surface area contributed by atoms with Gasteiger partial charge in [0.05, 0.1) is 19.8 Å². The van der Waals surface area contributed by atoms with E-state index in [0.29, 0.717) is 13.1 Å². The van der Waals surface area contributed by atoms with E-state index in [0.717, 1.165) is 16.9 Å². The average Bonchev–Trinajstić information content (AvgIpc) is 2.54. The lowest BCUT2D eigenvalue weighted by atomic mass is 10.1. The van der Waals surface area contributed by atoms with Crippen molar-refractivity contribution < 1.29 is 9.84 Å². The minimum absolute atomic E-state index is 0.472. The van der Waals surface area contributed by atoms with Crippen molar-refractivity contribution in [1.29, 1.82) is 0 Å². The van der Waals surface area contributed by atoms with E-state index >= 15 is 0 Å². The summed E-state index contributed by atoms with van der Waals surface area (Å²) in [5, 5.41) is 11.9. The summed E-state index contributed by atoms with van der Waals surface area (Å²) in [7, 11) is 3.52. The number of aliphatic hydroxyl groups is 1. The zero-order valence-corrected chi connectivity index (χ0v) is 12.4. The molecule has 111 valence electrons. The Hall–Kier alpha value is -1.88. The van der Waals surface area contributed by atoms with Crippen molar-refractivity contribution in [2.24, 2.45) is 0 Å². The first-order valence-corrected chi connectivity index (χ1v) is 6.93. The van der Waals surface area contributed by atoms with Gasteiger partial charge < -0.3 is 9.84 Å². The topological polar surface area (TPSA) is 46.8 Å². The predicted octanol–water partition coefficient (Wildman–Crippen LogP) is 2.38. The van der Waals surface area contributed by atoms with E-state index in [1.165, 1.54) is 0 Å². The molecule has 4 nitrogen and oxygen atoms in total. The van der Waals surface area contributed by atoms with Crippen molar-refractivity contribution in [2.75, 3.05) is 20.7 Å². The molecule has 4 heteroatoms. The molecule has 1 radical (unpaired) electrons. The Morgan fingerprint density at radius 1 is 1.10 bits per heavy atom. The SMILES string of the molecule is COc1ccc(C[N]N(C)CC(O)c2ccccc2)cc1. The van der Waals surface area contributed by atoms with E-state index < -0.39 is 6.10 Å². The highest BCUT2D eigenvalue weighted by Crippen LogP contribution is 2.14. The maximum atomic E-state index is 10.1. The van der Waals surface area contributed by atoms with Crippen molar-refractivity contribution in [3.05, 3.63) is 65.7 Å². The number of aliphatic hydroxyl groups excluding tert-OH is 1. The van der Waals surface area contributed by atoms with Gasteiger partial charge in [0.1, 0.15) is 5.75 Å². The smallest absolute Gasteiger partial charge is 0.118 e. The molecule has 0 saturated heterocycles. The van der Waals surface area contributed by atoms with Gasteiger partial charge in [-0.25, -0.2) is 5.01 Å². The van der Waals surface area contributed by atoms with Gasteiger partial charge in [0, 0.05) is 13.6 Å². The lowest BCUT2D eigenvalue weighted by molar-refractivity contribution is 0.0951. The Bertz CT molecular complexity index is 528. The van der Waals surface area contributed by atoms with Crippen LogP contribution < -0.4 is 10.2 Å². The molecule has 0 aliphatic carbocycles. The zero-order valence-electron chi connectivity index (χ0n) is 12.4. The number of hydrogen-bond acceptors (Lipinski definition) is 3. The van der Waals surface area contributed by atoms with Crippen LogP contribution in [0.15, 0.2) is 54.6 Å². The van der Waals surface area contributed by atoms with E-state index in [1.54, 1.807) is 12.1 Å². The molecule has 1 atom stereocenters. The molecule has 2 rings (SSSR count). The third kappa shape index (κ3) is 4.86. The highest BCUT2D eigenvalue weighted by molar-refractivity contribution is 5.26. The summed E-state index contributed by atoms with van der Waals surface area (Å²) in [6.45, 7) is 1.06. The molecular weight excluding hydrogens is 264 g/mol. The third-order valence-corrected chi connectivity index (χ3v) is 3.28. The largest absolute Gasteiger partial charge is 0.497 e. The monoisotopic (exact) mass is 285 g/mol. The summed E-state index contributed by atoms with van der Waals surface area (Å²) in [4.78, 5) is 0. The second-order valence-electron chi connectivity index (χ2n) is 4.91. The van der Waals surface area contributed by atoms with Crippen molar-refractivity contribution in [3.63, 3.8) is 0 Å². The van der Waals surface area contributed by atoms with E-state index in [1.807, 2.05) is 61.6 Å². The predicted molar refractivity (Wildman–Crippen MR) is 82.9 cm³/mol. The van der Waals surface area contributed by atoms with Crippen LogP contribution in [0, 0.1) is 0 Å². The normalized spacial score (nSPS) is 12.4. The fourth-order valence-electron chi connectivity index (χ4n) is 2.02. The Kier molecular flexibility index (Phi) is 5.75. The van der Waals surface area contributed by atoms with Crippen molar-refractivity contribution in [1.82, 2.24) is 10.4 Å². The van der Waals surface area contributed by atoms with Crippen LogP contribution in [0.1, 0.15) is 17.2 Å². The van der Waals surface area contributed by atoms with Crippen molar-refractivity contribution >= 4 is 0 Å². The number of ether oxygens (including phenoxy) is 1. The van der Waals surface area contributed by atoms with Gasteiger partial charge in [0.2, 0.25) is 0 Å². The Morgan fingerprint density at radius 2 is 1.76 bits per heavy atom. The lowest BCUT2D eigenvalue weighted by Gasteiger charge is -2.20. The van der Waals surface area contributed by atoms with Gasteiger partial charge in [-0.05, 0) is 23.3 Å². The van der Waals surface area contributed by atoms with Gasteiger partial charge in [-0.15, -0.1) is 0 Å². The number of nitrogens with zero attached hydrogens (tertiary/aromatic N) is 2. The second-order valence-corrected chi connectivity index (χ2v) is 4.91. The average molecular weight is 285 g/mol. The van der Waals surface area contributed by atoms with Crippen LogP contribution in [0.2, 0.25) is 0 Å². The van der Waals surface area contributed by atoms with E-state index in [4.69, 9.17) is 4.74 Å². The Balaban J connectivity index is 1.80. The number of likely N-dealkylation sites (N-methyl/N-ethyl adjacent to an activating group) is 1. The Labute approximate surface area is 126 Å². The van der Waals surface area contributed by atoms with Gasteiger partial charge >= 0.3 is 0 Å². The first kappa shape index (κ1) is 15.5. The molecule has 0 bridgehead atoms. The van der Waals surface area contributed by atoms with Gasteiger partial charge in [-0.3, -0.25) is 0 Å². The molecule has 0 aliphatic heterocycles. The van der Waals surface area contributed by atoms with Crippen LogP contribution in [0.5, 0.6) is 5.75 Å². The maximum absolute atomic E-state index is 10.1. The molecule has 2 aromatic carbocycles. The summed E-state index contributed by atoms with van der Waals surface area (Å²) in [5.74, 6) is 0.839. The summed E-state index contributed by atoms with van der Waals surface area (Å²) < 4.78 is 5.12. The van der Waals surface area contributed by atoms with Crippen LogP contribution >= 0.6 is 0 Å². The van der Waals surface area contributed by atoms with Crippen molar-refractivity contribution in [2.45, 2.75) is 12.6 Å². The molecule has 0 heterocycles. The number of benzene rings is 2. The minimum atomic E-state index is -0.532. The molecular formula is C17H21N2O2. The third-order valence-electron chi connectivity index (χ3n) is 3.28. The van der Waals surface area contributed by atoms with Crippen LogP contribution in [0.25, 0.3) is 0 Å². The van der Waals surface area contributed by atoms with Gasteiger partial charge in [0.15, 0.2) is 0 Å². The van der Waals surface area contributed by atoms with Crippen LogP contribution in [0.3, 0.4) is 0 Å². The second kappa shape index (κ2) is 7.78. The summed E-state index contributed by atoms with van der Waals surface area (Å²) in [5.41, 5.74) is 6.46. The fraction of sp³-hybridized carbons (Fsp3) is 0.294. The molecule has 0 aliphatic rings. The molecule has 1 N–H and O–H groups in total. The van der Waals surface area contributed by atoms with Gasteiger partial charge in [-0.2, -0.15) is 5.43 Å². The molecule has 2 aromatic rings. The van der Waals surface area contributed by atoms with Gasteiger partial charge in [0.25, 0.3) is 0 Å². The lowest BCUT2D eigenvalue weighted by Crippen LogP contribution is -2.31. The zero-order chi connectivity index (χ0) is 15.1. The standard InChI is InChI=1S/C17H21N2O2/c1-19(13-17(20)15-6-4-3-5-7-15)18-12-14-8-10-16(21-2)11-9-14/h3-11,17,20H,12-13H2,1-2H3. The molecule has 0 amide bonds.